The van der Waals surface area contributed by atoms with Crippen LogP contribution in [0.25, 0.3) is 0 Å². The maximum atomic E-state index is 12.1. The van der Waals surface area contributed by atoms with Crippen LogP contribution in [-0.2, 0) is 19.1 Å². The fourth-order valence-corrected chi connectivity index (χ4v) is 5.70. The second-order valence-corrected chi connectivity index (χ2v) is 13.4. The minimum absolute atomic E-state index is 0.0673. The third-order valence-electron chi connectivity index (χ3n) is 8.75. The Morgan fingerprint density at radius 1 is 0.500 bits per heavy atom. The van der Waals surface area contributed by atoms with Gasteiger partial charge in [0.15, 0.2) is 6.10 Å². The number of hydrogen-bond acceptors (Lipinski definition) is 5. The van der Waals surface area contributed by atoms with Gasteiger partial charge in [0, 0.05) is 12.8 Å². The first-order chi connectivity index (χ1) is 22.6. The van der Waals surface area contributed by atoms with Crippen LogP contribution in [0.5, 0.6) is 0 Å². The molecule has 0 saturated carbocycles. The molecular weight excluding hydrogens is 572 g/mol. The minimum Gasteiger partial charge on any atom is -0.462 e. The molecule has 0 aliphatic rings. The van der Waals surface area contributed by atoms with E-state index in [-0.39, 0.29) is 25.2 Å². The minimum atomic E-state index is -0.773. The van der Waals surface area contributed by atoms with Crippen molar-refractivity contribution in [2.24, 2.45) is 0 Å². The van der Waals surface area contributed by atoms with Crippen LogP contribution in [0.15, 0.2) is 24.3 Å². The highest BCUT2D eigenvalue weighted by Gasteiger charge is 2.16. The number of ether oxygens (including phenoxy) is 2. The van der Waals surface area contributed by atoms with E-state index in [0.29, 0.717) is 12.8 Å². The SMILES string of the molecule is CCCCC/C=C/C/C=C/CCCCCCCC(=O)O[C@@H](CO)COC(=O)CCCCCCCCCCCCCCCCCCC. The Kier molecular flexibility index (Phi) is 36.5. The van der Waals surface area contributed by atoms with E-state index < -0.39 is 6.10 Å². The van der Waals surface area contributed by atoms with Crippen LogP contribution in [0.1, 0.15) is 206 Å². The summed E-state index contributed by atoms with van der Waals surface area (Å²) in [6.45, 7) is 4.11. The van der Waals surface area contributed by atoms with E-state index in [2.05, 4.69) is 38.2 Å². The molecule has 0 radical (unpaired) electrons. The van der Waals surface area contributed by atoms with Crippen molar-refractivity contribution < 1.29 is 24.2 Å². The Morgan fingerprint density at radius 2 is 0.870 bits per heavy atom. The number of rotatable bonds is 36. The van der Waals surface area contributed by atoms with Crippen molar-refractivity contribution in [2.75, 3.05) is 13.2 Å². The van der Waals surface area contributed by atoms with E-state index in [1.165, 1.54) is 128 Å². The molecule has 270 valence electrons. The zero-order chi connectivity index (χ0) is 33.6. The summed E-state index contributed by atoms with van der Waals surface area (Å²) < 4.78 is 10.6. The van der Waals surface area contributed by atoms with Crippen molar-refractivity contribution in [3.05, 3.63) is 24.3 Å². The lowest BCUT2D eigenvalue weighted by Gasteiger charge is -2.15. The van der Waals surface area contributed by atoms with Gasteiger partial charge in [-0.3, -0.25) is 9.59 Å². The molecular formula is C41H76O5. The fraction of sp³-hybridized carbons (Fsp3) is 0.854. The largest absolute Gasteiger partial charge is 0.462 e. The van der Waals surface area contributed by atoms with Crippen LogP contribution >= 0.6 is 0 Å². The molecule has 0 unspecified atom stereocenters. The van der Waals surface area contributed by atoms with Crippen LogP contribution in [0.2, 0.25) is 0 Å². The van der Waals surface area contributed by atoms with Gasteiger partial charge in [0.2, 0.25) is 0 Å². The van der Waals surface area contributed by atoms with Crippen LogP contribution < -0.4 is 0 Å². The van der Waals surface area contributed by atoms with Crippen LogP contribution in [0, 0.1) is 0 Å². The molecule has 0 spiro atoms. The van der Waals surface area contributed by atoms with Crippen molar-refractivity contribution in [3.63, 3.8) is 0 Å². The number of allylic oxidation sites excluding steroid dienone is 4. The Morgan fingerprint density at radius 3 is 1.33 bits per heavy atom. The molecule has 5 heteroatoms. The lowest BCUT2D eigenvalue weighted by molar-refractivity contribution is -0.161. The average Bonchev–Trinajstić information content (AvgIpc) is 3.06. The summed E-state index contributed by atoms with van der Waals surface area (Å²) in [4.78, 5) is 24.2. The van der Waals surface area contributed by atoms with Crippen molar-refractivity contribution >= 4 is 11.9 Å². The normalized spacial score (nSPS) is 12.3. The second kappa shape index (κ2) is 37.8. The standard InChI is InChI=1S/C41H76O5/c1-3-5-7-9-11-13-15-17-19-20-22-23-25-27-29-31-33-35-40(43)45-38-39(37-42)46-41(44)36-34-32-30-28-26-24-21-18-16-14-12-10-8-6-4-2/h12,14,18,21,39,42H,3-11,13,15-17,19-20,22-38H2,1-2H3/b14-12+,21-18+/t39-/m0/s1. The van der Waals surface area contributed by atoms with Gasteiger partial charge in [-0.25, -0.2) is 0 Å². The molecule has 0 saturated heterocycles. The molecule has 0 heterocycles. The van der Waals surface area contributed by atoms with Crippen molar-refractivity contribution in [1.29, 1.82) is 0 Å². The molecule has 0 bridgehead atoms. The summed E-state index contributed by atoms with van der Waals surface area (Å²) in [5.74, 6) is -0.599. The quantitative estimate of drug-likeness (QED) is 0.0416. The van der Waals surface area contributed by atoms with E-state index in [4.69, 9.17) is 9.47 Å². The van der Waals surface area contributed by atoms with E-state index in [0.717, 1.165) is 51.4 Å². The first-order valence-corrected chi connectivity index (χ1v) is 19.9. The monoisotopic (exact) mass is 649 g/mol. The molecule has 0 aliphatic carbocycles. The molecule has 0 fully saturated rings. The van der Waals surface area contributed by atoms with Gasteiger partial charge in [-0.15, -0.1) is 0 Å². The maximum absolute atomic E-state index is 12.1. The summed E-state index contributed by atoms with van der Waals surface area (Å²) in [7, 11) is 0. The van der Waals surface area contributed by atoms with Crippen molar-refractivity contribution in [2.45, 2.75) is 213 Å². The molecule has 0 aromatic carbocycles. The number of carbonyl (C=O) groups is 2. The zero-order valence-electron chi connectivity index (χ0n) is 30.6. The van der Waals surface area contributed by atoms with E-state index in [1.54, 1.807) is 0 Å². The molecule has 0 aliphatic heterocycles. The van der Waals surface area contributed by atoms with Crippen LogP contribution in [0.3, 0.4) is 0 Å². The zero-order valence-corrected chi connectivity index (χ0v) is 30.6. The molecule has 0 amide bonds. The fourth-order valence-electron chi connectivity index (χ4n) is 5.70. The van der Waals surface area contributed by atoms with Gasteiger partial charge >= 0.3 is 11.9 Å². The molecule has 1 atom stereocenters. The Bertz CT molecular complexity index is 701. The first-order valence-electron chi connectivity index (χ1n) is 19.9. The molecule has 0 aromatic rings. The molecule has 5 nitrogen and oxygen atoms in total. The van der Waals surface area contributed by atoms with Gasteiger partial charge < -0.3 is 14.6 Å². The number of esters is 2. The number of hydrogen-bond donors (Lipinski definition) is 1. The highest BCUT2D eigenvalue weighted by atomic mass is 16.6. The van der Waals surface area contributed by atoms with Gasteiger partial charge in [0.1, 0.15) is 6.61 Å². The molecule has 46 heavy (non-hydrogen) atoms. The highest BCUT2D eigenvalue weighted by Crippen LogP contribution is 2.15. The van der Waals surface area contributed by atoms with Gasteiger partial charge in [-0.2, -0.15) is 0 Å². The summed E-state index contributed by atoms with van der Waals surface area (Å²) in [6.07, 6.45) is 43.8. The van der Waals surface area contributed by atoms with Gasteiger partial charge in [0.25, 0.3) is 0 Å². The number of carbonyl (C=O) groups excluding carboxylic acids is 2. The number of unbranched alkanes of at least 4 members (excludes halogenated alkanes) is 24. The van der Waals surface area contributed by atoms with Crippen molar-refractivity contribution in [3.8, 4) is 0 Å². The molecule has 0 aromatic heterocycles. The van der Waals surface area contributed by atoms with E-state index in [9.17, 15) is 14.7 Å². The predicted molar refractivity (Wildman–Crippen MR) is 196 cm³/mol. The lowest BCUT2D eigenvalue weighted by Crippen LogP contribution is -2.28. The first kappa shape index (κ1) is 44.4. The third kappa shape index (κ3) is 35.2. The summed E-state index contributed by atoms with van der Waals surface area (Å²) in [5.41, 5.74) is 0. The third-order valence-corrected chi connectivity index (χ3v) is 8.75. The molecule has 1 N–H and O–H groups in total. The summed E-state index contributed by atoms with van der Waals surface area (Å²) >= 11 is 0. The highest BCUT2D eigenvalue weighted by molar-refractivity contribution is 5.70. The number of aliphatic hydroxyl groups excluding tert-OH is 1. The topological polar surface area (TPSA) is 72.8 Å². The Labute approximate surface area is 285 Å². The predicted octanol–water partition coefficient (Wildman–Crippen LogP) is 12.3. The van der Waals surface area contributed by atoms with Crippen LogP contribution in [0.4, 0.5) is 0 Å². The Balaban J connectivity index is 3.54. The maximum Gasteiger partial charge on any atom is 0.306 e. The van der Waals surface area contributed by atoms with E-state index >= 15 is 0 Å². The Hall–Kier alpha value is -1.62. The second-order valence-electron chi connectivity index (χ2n) is 13.4. The summed E-state index contributed by atoms with van der Waals surface area (Å²) in [6, 6.07) is 0. The van der Waals surface area contributed by atoms with Gasteiger partial charge in [-0.1, -0.05) is 173 Å². The van der Waals surface area contributed by atoms with Gasteiger partial charge in [0.05, 0.1) is 6.61 Å². The smallest absolute Gasteiger partial charge is 0.306 e. The molecule has 0 rings (SSSR count). The summed E-state index contributed by atoms with van der Waals surface area (Å²) in [5, 5.41) is 9.55. The van der Waals surface area contributed by atoms with Crippen molar-refractivity contribution in [1.82, 2.24) is 0 Å². The lowest BCUT2D eigenvalue weighted by atomic mass is 10.0. The van der Waals surface area contributed by atoms with Crippen LogP contribution in [-0.4, -0.2) is 36.4 Å². The average molecular weight is 649 g/mol. The number of aliphatic hydroxyl groups is 1. The van der Waals surface area contributed by atoms with Gasteiger partial charge in [-0.05, 0) is 44.9 Å². The van der Waals surface area contributed by atoms with E-state index in [1.807, 2.05) is 0 Å².